The van der Waals surface area contributed by atoms with E-state index in [9.17, 15) is 9.90 Å². The fraction of sp³-hybridized carbons (Fsp3) is 0.435. The molecule has 2 unspecified atom stereocenters. The quantitative estimate of drug-likeness (QED) is 0.707. The van der Waals surface area contributed by atoms with Crippen LogP contribution in [0.1, 0.15) is 35.7 Å². The van der Waals surface area contributed by atoms with Gasteiger partial charge in [0.25, 0.3) is 0 Å². The molecule has 29 heavy (non-hydrogen) atoms. The van der Waals surface area contributed by atoms with Crippen molar-refractivity contribution in [2.75, 3.05) is 40.3 Å². The Morgan fingerprint density at radius 2 is 1.59 bits per heavy atom. The van der Waals surface area contributed by atoms with Gasteiger partial charge in [0.15, 0.2) is 17.3 Å². The number of nitrogens with zero attached hydrogens (tertiary/aromatic N) is 1. The van der Waals surface area contributed by atoms with E-state index in [0.29, 0.717) is 22.8 Å². The van der Waals surface area contributed by atoms with Gasteiger partial charge in [-0.1, -0.05) is 19.9 Å². The largest absolute Gasteiger partial charge is 0.506 e. The molecule has 0 radical (unpaired) electrons. The standard InChI is InChI=1S/C23H29NO5/c1-23(2)19(13-8-9-15(24(3)4)16(25)10-13)20(23)21(26)14-11-17(27-5)22(29-7)18(12-14)28-6/h8-12,19-20,25H,1-7H3. The molecule has 6 nitrogen and oxygen atoms in total. The molecular formula is C23H29NO5. The van der Waals surface area contributed by atoms with Crippen LogP contribution in [0.15, 0.2) is 30.3 Å². The van der Waals surface area contributed by atoms with E-state index in [1.165, 1.54) is 21.3 Å². The highest BCUT2D eigenvalue weighted by Crippen LogP contribution is 2.66. The first-order chi connectivity index (χ1) is 13.7. The number of ether oxygens (including phenoxy) is 3. The summed E-state index contributed by atoms with van der Waals surface area (Å²) in [6, 6.07) is 9.04. The molecule has 0 aliphatic heterocycles. The van der Waals surface area contributed by atoms with Crippen LogP contribution in [-0.4, -0.2) is 46.3 Å². The zero-order chi connectivity index (χ0) is 21.5. The number of ketones is 1. The van der Waals surface area contributed by atoms with Gasteiger partial charge in [-0.05, 0) is 35.2 Å². The third kappa shape index (κ3) is 3.48. The van der Waals surface area contributed by atoms with Gasteiger partial charge in [-0.2, -0.15) is 0 Å². The Hall–Kier alpha value is -2.89. The Morgan fingerprint density at radius 3 is 2.03 bits per heavy atom. The third-order valence-electron chi connectivity index (χ3n) is 5.90. The Bertz CT molecular complexity index is 910. The first-order valence-electron chi connectivity index (χ1n) is 9.51. The lowest BCUT2D eigenvalue weighted by Crippen LogP contribution is -2.09. The molecule has 1 aliphatic carbocycles. The van der Waals surface area contributed by atoms with Crippen molar-refractivity contribution < 1.29 is 24.1 Å². The zero-order valence-corrected chi connectivity index (χ0v) is 18.1. The summed E-state index contributed by atoms with van der Waals surface area (Å²) in [6.07, 6.45) is 0. The van der Waals surface area contributed by atoms with Crippen molar-refractivity contribution >= 4 is 11.5 Å². The lowest BCUT2D eigenvalue weighted by atomic mass is 10.0. The first-order valence-corrected chi connectivity index (χ1v) is 9.51. The maximum atomic E-state index is 13.4. The molecule has 2 aromatic rings. The van der Waals surface area contributed by atoms with Crippen LogP contribution in [0.3, 0.4) is 0 Å². The van der Waals surface area contributed by atoms with Crippen molar-refractivity contribution in [1.82, 2.24) is 0 Å². The molecule has 0 aromatic heterocycles. The van der Waals surface area contributed by atoms with Crippen LogP contribution in [0.5, 0.6) is 23.0 Å². The molecule has 0 heterocycles. The van der Waals surface area contributed by atoms with E-state index in [1.54, 1.807) is 18.2 Å². The molecule has 2 aromatic carbocycles. The normalized spacial score (nSPS) is 19.4. The summed E-state index contributed by atoms with van der Waals surface area (Å²) >= 11 is 0. The van der Waals surface area contributed by atoms with Crippen LogP contribution in [-0.2, 0) is 0 Å². The van der Waals surface area contributed by atoms with Gasteiger partial charge in [0.05, 0.1) is 27.0 Å². The highest BCUT2D eigenvalue weighted by Gasteiger charge is 2.62. The van der Waals surface area contributed by atoms with Gasteiger partial charge in [-0.3, -0.25) is 4.79 Å². The first kappa shape index (κ1) is 20.8. The summed E-state index contributed by atoms with van der Waals surface area (Å²) in [6.45, 7) is 4.16. The second-order valence-corrected chi connectivity index (χ2v) is 8.20. The van der Waals surface area contributed by atoms with Crippen LogP contribution in [0, 0.1) is 11.3 Å². The van der Waals surface area contributed by atoms with E-state index in [1.807, 2.05) is 31.1 Å². The smallest absolute Gasteiger partial charge is 0.203 e. The predicted molar refractivity (Wildman–Crippen MR) is 113 cm³/mol. The number of rotatable bonds is 7. The minimum Gasteiger partial charge on any atom is -0.506 e. The number of aromatic hydroxyl groups is 1. The number of hydrogen-bond acceptors (Lipinski definition) is 6. The monoisotopic (exact) mass is 399 g/mol. The van der Waals surface area contributed by atoms with E-state index < -0.39 is 0 Å². The summed E-state index contributed by atoms with van der Waals surface area (Å²) in [4.78, 5) is 15.2. The SMILES string of the molecule is COc1cc(C(=O)C2C(c3ccc(N(C)C)c(O)c3)C2(C)C)cc(OC)c1OC. The van der Waals surface area contributed by atoms with Crippen molar-refractivity contribution in [2.45, 2.75) is 19.8 Å². The molecule has 0 spiro atoms. The molecule has 2 atom stereocenters. The molecular weight excluding hydrogens is 370 g/mol. The number of hydrogen-bond donors (Lipinski definition) is 1. The van der Waals surface area contributed by atoms with Gasteiger partial charge in [-0.25, -0.2) is 0 Å². The molecule has 0 amide bonds. The van der Waals surface area contributed by atoms with Gasteiger partial charge >= 0.3 is 0 Å². The van der Waals surface area contributed by atoms with E-state index in [2.05, 4.69) is 13.8 Å². The van der Waals surface area contributed by atoms with E-state index in [0.717, 1.165) is 11.3 Å². The van der Waals surface area contributed by atoms with Crippen LogP contribution < -0.4 is 19.1 Å². The van der Waals surface area contributed by atoms with Crippen LogP contribution in [0.25, 0.3) is 0 Å². The Kier molecular flexibility index (Phi) is 5.39. The van der Waals surface area contributed by atoms with Gasteiger partial charge in [0.1, 0.15) is 5.75 Å². The van der Waals surface area contributed by atoms with Crippen molar-refractivity contribution in [3.63, 3.8) is 0 Å². The van der Waals surface area contributed by atoms with E-state index >= 15 is 0 Å². The number of phenolic OH excluding ortho intramolecular Hbond substituents is 1. The molecule has 3 rings (SSSR count). The predicted octanol–water partition coefficient (Wildman–Crippen LogP) is 4.11. The van der Waals surface area contributed by atoms with Gasteiger partial charge < -0.3 is 24.2 Å². The van der Waals surface area contributed by atoms with Gasteiger partial charge in [0, 0.05) is 31.5 Å². The van der Waals surface area contributed by atoms with Crippen LogP contribution in [0.2, 0.25) is 0 Å². The second-order valence-electron chi connectivity index (χ2n) is 8.20. The Labute approximate surface area is 172 Å². The summed E-state index contributed by atoms with van der Waals surface area (Å²) < 4.78 is 16.1. The maximum absolute atomic E-state index is 13.4. The summed E-state index contributed by atoms with van der Waals surface area (Å²) in [5.41, 5.74) is 2.02. The second kappa shape index (κ2) is 7.50. The summed E-state index contributed by atoms with van der Waals surface area (Å²) in [7, 11) is 8.36. The lowest BCUT2D eigenvalue weighted by molar-refractivity contribution is 0.0951. The highest BCUT2D eigenvalue weighted by molar-refractivity contribution is 6.02. The number of methoxy groups -OCH3 is 3. The van der Waals surface area contributed by atoms with E-state index in [-0.39, 0.29) is 28.8 Å². The zero-order valence-electron chi connectivity index (χ0n) is 18.1. The average Bonchev–Trinajstić information content (AvgIpc) is 3.27. The number of benzene rings is 2. The van der Waals surface area contributed by atoms with Crippen LogP contribution >= 0.6 is 0 Å². The highest BCUT2D eigenvalue weighted by atomic mass is 16.5. The molecule has 6 heteroatoms. The van der Waals surface area contributed by atoms with Crippen LogP contribution in [0.4, 0.5) is 5.69 Å². The topological polar surface area (TPSA) is 68.2 Å². The number of anilines is 1. The number of phenols is 1. The molecule has 0 saturated heterocycles. The maximum Gasteiger partial charge on any atom is 0.203 e. The summed E-state index contributed by atoms with van der Waals surface area (Å²) in [5, 5.41) is 10.4. The molecule has 1 fully saturated rings. The van der Waals surface area contributed by atoms with Gasteiger partial charge in [-0.15, -0.1) is 0 Å². The van der Waals surface area contributed by atoms with Crippen molar-refractivity contribution in [3.8, 4) is 23.0 Å². The molecule has 156 valence electrons. The molecule has 1 N–H and O–H groups in total. The fourth-order valence-corrected chi connectivity index (χ4v) is 4.26. The Balaban J connectivity index is 1.95. The molecule has 1 aliphatic rings. The Morgan fingerprint density at radius 1 is 1.00 bits per heavy atom. The van der Waals surface area contributed by atoms with E-state index in [4.69, 9.17) is 14.2 Å². The van der Waals surface area contributed by atoms with Crippen molar-refractivity contribution in [3.05, 3.63) is 41.5 Å². The molecule has 1 saturated carbocycles. The fourth-order valence-electron chi connectivity index (χ4n) is 4.26. The average molecular weight is 399 g/mol. The van der Waals surface area contributed by atoms with Gasteiger partial charge in [0.2, 0.25) is 5.75 Å². The minimum absolute atomic E-state index is 0.0235. The number of carbonyl (C=O) groups is 1. The number of carbonyl (C=O) groups excluding carboxylic acids is 1. The third-order valence-corrected chi connectivity index (χ3v) is 5.90. The van der Waals surface area contributed by atoms with Crippen molar-refractivity contribution in [2.24, 2.45) is 11.3 Å². The lowest BCUT2D eigenvalue weighted by Gasteiger charge is -2.15. The number of Topliss-reactive ketones (excluding diaryl/α,β-unsaturated/α-hetero) is 1. The van der Waals surface area contributed by atoms with Crippen molar-refractivity contribution in [1.29, 1.82) is 0 Å². The summed E-state index contributed by atoms with van der Waals surface area (Å²) in [5.74, 6) is 1.44. The molecule has 0 bridgehead atoms. The minimum atomic E-state index is -0.219.